The van der Waals surface area contributed by atoms with Crippen LogP contribution in [0.1, 0.15) is 35.4 Å². The SMILES string of the molecule is O=C(CCc1nc2ccccc2c(=O)[nH]1)Nc1ccc(C(=O)NC2CC2)cc1. The van der Waals surface area contributed by atoms with Crippen LogP contribution in [-0.4, -0.2) is 27.8 Å². The molecule has 0 saturated heterocycles. The predicted molar refractivity (Wildman–Crippen MR) is 106 cm³/mol. The van der Waals surface area contributed by atoms with E-state index in [2.05, 4.69) is 20.6 Å². The molecule has 1 heterocycles. The lowest BCUT2D eigenvalue weighted by molar-refractivity contribution is -0.116. The van der Waals surface area contributed by atoms with E-state index in [0.717, 1.165) is 12.8 Å². The highest BCUT2D eigenvalue weighted by Crippen LogP contribution is 2.19. The number of nitrogens with zero attached hydrogens (tertiary/aromatic N) is 1. The number of aryl methyl sites for hydroxylation is 1. The lowest BCUT2D eigenvalue weighted by Gasteiger charge is -2.07. The van der Waals surface area contributed by atoms with Crippen LogP contribution in [0.25, 0.3) is 10.9 Å². The molecule has 1 aromatic heterocycles. The highest BCUT2D eigenvalue weighted by molar-refractivity contribution is 5.96. The maximum Gasteiger partial charge on any atom is 0.258 e. The van der Waals surface area contributed by atoms with Crippen molar-refractivity contribution in [2.45, 2.75) is 31.7 Å². The highest BCUT2D eigenvalue weighted by Gasteiger charge is 2.23. The fraction of sp³-hybridized carbons (Fsp3) is 0.238. The normalized spacial score (nSPS) is 13.3. The number of carbonyl (C=O) groups excluding carboxylic acids is 2. The Kier molecular flexibility index (Phi) is 4.89. The van der Waals surface area contributed by atoms with Crippen LogP contribution >= 0.6 is 0 Å². The molecule has 0 atom stereocenters. The molecule has 0 aliphatic heterocycles. The summed E-state index contributed by atoms with van der Waals surface area (Å²) in [5.41, 5.74) is 1.60. The first-order chi connectivity index (χ1) is 13.6. The van der Waals surface area contributed by atoms with Crippen molar-refractivity contribution in [3.05, 3.63) is 70.3 Å². The van der Waals surface area contributed by atoms with Crippen LogP contribution in [0.15, 0.2) is 53.3 Å². The Hall–Kier alpha value is -3.48. The topological polar surface area (TPSA) is 104 Å². The number of para-hydroxylation sites is 1. The van der Waals surface area contributed by atoms with E-state index in [1.54, 1.807) is 42.5 Å². The maximum absolute atomic E-state index is 12.2. The van der Waals surface area contributed by atoms with Gasteiger partial charge in [0.05, 0.1) is 10.9 Å². The Morgan fingerprint density at radius 2 is 1.82 bits per heavy atom. The second-order valence-electron chi connectivity index (χ2n) is 6.90. The summed E-state index contributed by atoms with van der Waals surface area (Å²) in [6, 6.07) is 14.2. The second-order valence-corrected chi connectivity index (χ2v) is 6.90. The molecule has 2 amide bonds. The van der Waals surface area contributed by atoms with E-state index >= 15 is 0 Å². The van der Waals surface area contributed by atoms with E-state index in [4.69, 9.17) is 0 Å². The number of fused-ring (bicyclic) bond motifs is 1. The number of benzene rings is 2. The van der Waals surface area contributed by atoms with Crippen molar-refractivity contribution in [1.82, 2.24) is 15.3 Å². The number of carbonyl (C=O) groups is 2. The molecule has 0 bridgehead atoms. The van der Waals surface area contributed by atoms with Gasteiger partial charge < -0.3 is 15.6 Å². The van der Waals surface area contributed by atoms with Gasteiger partial charge in [-0.3, -0.25) is 14.4 Å². The summed E-state index contributed by atoms with van der Waals surface area (Å²) in [6.07, 6.45) is 2.59. The number of anilines is 1. The van der Waals surface area contributed by atoms with E-state index in [-0.39, 0.29) is 23.8 Å². The van der Waals surface area contributed by atoms with Gasteiger partial charge in [-0.15, -0.1) is 0 Å². The van der Waals surface area contributed by atoms with Gasteiger partial charge in [-0.25, -0.2) is 4.98 Å². The quantitative estimate of drug-likeness (QED) is 0.614. The summed E-state index contributed by atoms with van der Waals surface area (Å²) >= 11 is 0. The van der Waals surface area contributed by atoms with Gasteiger partial charge in [0, 0.05) is 30.1 Å². The Morgan fingerprint density at radius 1 is 1.07 bits per heavy atom. The average molecular weight is 376 g/mol. The summed E-state index contributed by atoms with van der Waals surface area (Å²) in [4.78, 5) is 43.3. The van der Waals surface area contributed by atoms with E-state index in [9.17, 15) is 14.4 Å². The molecule has 3 N–H and O–H groups in total. The molecule has 1 saturated carbocycles. The van der Waals surface area contributed by atoms with Crippen molar-refractivity contribution in [2.24, 2.45) is 0 Å². The second kappa shape index (κ2) is 7.64. The summed E-state index contributed by atoms with van der Waals surface area (Å²) in [5.74, 6) is 0.198. The Bertz CT molecular complexity index is 1080. The van der Waals surface area contributed by atoms with Crippen molar-refractivity contribution in [2.75, 3.05) is 5.32 Å². The standard InChI is InChI=1S/C21H20N4O3/c26-19(12-11-18-24-17-4-2-1-3-16(17)21(28)25-18)22-14-7-5-13(6-8-14)20(27)23-15-9-10-15/h1-8,15H,9-12H2,(H,22,26)(H,23,27)(H,24,25,28). The van der Waals surface area contributed by atoms with Crippen LogP contribution in [0.3, 0.4) is 0 Å². The van der Waals surface area contributed by atoms with E-state index in [1.165, 1.54) is 0 Å². The van der Waals surface area contributed by atoms with E-state index in [0.29, 0.717) is 40.4 Å². The zero-order valence-electron chi connectivity index (χ0n) is 15.2. The Morgan fingerprint density at radius 3 is 2.57 bits per heavy atom. The predicted octanol–water partition coefficient (Wildman–Crippen LogP) is 2.39. The van der Waals surface area contributed by atoms with Gasteiger partial charge in [0.2, 0.25) is 5.91 Å². The zero-order valence-corrected chi connectivity index (χ0v) is 15.2. The zero-order chi connectivity index (χ0) is 19.5. The maximum atomic E-state index is 12.2. The number of hydrogen-bond acceptors (Lipinski definition) is 4. The van der Waals surface area contributed by atoms with Gasteiger partial charge >= 0.3 is 0 Å². The van der Waals surface area contributed by atoms with Crippen LogP contribution in [0.5, 0.6) is 0 Å². The number of rotatable bonds is 6. The lowest BCUT2D eigenvalue weighted by atomic mass is 10.2. The van der Waals surface area contributed by atoms with Crippen LogP contribution < -0.4 is 16.2 Å². The third kappa shape index (κ3) is 4.25. The molecule has 0 unspecified atom stereocenters. The average Bonchev–Trinajstić information content (AvgIpc) is 3.51. The molecule has 0 spiro atoms. The summed E-state index contributed by atoms with van der Waals surface area (Å²) < 4.78 is 0. The van der Waals surface area contributed by atoms with Crippen LogP contribution in [0.4, 0.5) is 5.69 Å². The van der Waals surface area contributed by atoms with Gasteiger partial charge in [-0.1, -0.05) is 12.1 Å². The van der Waals surface area contributed by atoms with Crippen LogP contribution in [0, 0.1) is 0 Å². The molecule has 3 aromatic rings. The molecule has 7 nitrogen and oxygen atoms in total. The fourth-order valence-electron chi connectivity index (χ4n) is 2.91. The molecule has 2 aromatic carbocycles. The highest BCUT2D eigenvalue weighted by atomic mass is 16.2. The molecule has 1 aliphatic carbocycles. The number of aromatic nitrogens is 2. The van der Waals surface area contributed by atoms with Gasteiger partial charge in [-0.2, -0.15) is 0 Å². The van der Waals surface area contributed by atoms with E-state index < -0.39 is 0 Å². The van der Waals surface area contributed by atoms with Crippen molar-refractivity contribution in [1.29, 1.82) is 0 Å². The smallest absolute Gasteiger partial charge is 0.258 e. The van der Waals surface area contributed by atoms with E-state index in [1.807, 2.05) is 6.07 Å². The molecule has 28 heavy (non-hydrogen) atoms. The summed E-state index contributed by atoms with van der Waals surface area (Å²) in [6.45, 7) is 0. The van der Waals surface area contributed by atoms with Gasteiger partial charge in [-0.05, 0) is 49.2 Å². The number of aromatic amines is 1. The Balaban J connectivity index is 1.34. The number of amides is 2. The third-order valence-electron chi connectivity index (χ3n) is 4.59. The van der Waals surface area contributed by atoms with Crippen molar-refractivity contribution in [3.8, 4) is 0 Å². The molecule has 1 aliphatic rings. The minimum Gasteiger partial charge on any atom is -0.349 e. The molecule has 7 heteroatoms. The summed E-state index contributed by atoms with van der Waals surface area (Å²) in [7, 11) is 0. The van der Waals surface area contributed by atoms with Gasteiger partial charge in [0.25, 0.3) is 11.5 Å². The van der Waals surface area contributed by atoms with Crippen LogP contribution in [-0.2, 0) is 11.2 Å². The number of nitrogens with one attached hydrogen (secondary N) is 3. The molecule has 4 rings (SSSR count). The first kappa shape index (κ1) is 17.9. The fourth-order valence-corrected chi connectivity index (χ4v) is 2.91. The lowest BCUT2D eigenvalue weighted by Crippen LogP contribution is -2.25. The Labute approximate surface area is 161 Å². The van der Waals surface area contributed by atoms with Gasteiger partial charge in [0.15, 0.2) is 0 Å². The molecular formula is C21H20N4O3. The van der Waals surface area contributed by atoms with Crippen molar-refractivity contribution < 1.29 is 9.59 Å². The first-order valence-corrected chi connectivity index (χ1v) is 9.27. The monoisotopic (exact) mass is 376 g/mol. The molecule has 1 fully saturated rings. The van der Waals surface area contributed by atoms with Crippen molar-refractivity contribution in [3.63, 3.8) is 0 Å². The molecular weight excluding hydrogens is 356 g/mol. The summed E-state index contributed by atoms with van der Waals surface area (Å²) in [5, 5.41) is 6.25. The minimum atomic E-state index is -0.207. The van der Waals surface area contributed by atoms with Gasteiger partial charge in [0.1, 0.15) is 5.82 Å². The minimum absolute atomic E-state index is 0.0910. The number of H-pyrrole nitrogens is 1. The largest absolute Gasteiger partial charge is 0.349 e. The first-order valence-electron chi connectivity index (χ1n) is 9.27. The van der Waals surface area contributed by atoms with Crippen molar-refractivity contribution >= 4 is 28.4 Å². The van der Waals surface area contributed by atoms with Crippen LogP contribution in [0.2, 0.25) is 0 Å². The molecule has 0 radical (unpaired) electrons. The third-order valence-corrected chi connectivity index (χ3v) is 4.59. The number of hydrogen-bond donors (Lipinski definition) is 3. The molecule has 142 valence electrons.